The Bertz CT molecular complexity index is 284. The van der Waals surface area contributed by atoms with Gasteiger partial charge in [-0.15, -0.1) is 0 Å². The van der Waals surface area contributed by atoms with Crippen molar-refractivity contribution < 1.29 is 4.79 Å². The number of carbonyl (C=O) groups excluding carboxylic acids is 1. The summed E-state index contributed by atoms with van der Waals surface area (Å²) in [6.07, 6.45) is 5.18. The summed E-state index contributed by atoms with van der Waals surface area (Å²) in [4.78, 5) is 11.3. The Balaban J connectivity index is 2.09. The average molecular weight is 210 g/mol. The molecule has 0 aliphatic rings. The van der Waals surface area contributed by atoms with Crippen LogP contribution >= 0.6 is 0 Å². The van der Waals surface area contributed by atoms with Gasteiger partial charge in [0.15, 0.2) is 0 Å². The van der Waals surface area contributed by atoms with E-state index in [-0.39, 0.29) is 11.9 Å². The zero-order chi connectivity index (χ0) is 11.1. The fourth-order valence-corrected chi connectivity index (χ4v) is 1.20. The molecule has 0 radical (unpaired) electrons. The standard InChI is InChI=1S/C10H18N4O/c1-2-9(11)10(15)12-5-3-7-14-8-4-6-13-14/h4,6,8-9H,2-3,5,7,11H2,1H3,(H,12,15)/t9-/m0/s1. The van der Waals surface area contributed by atoms with E-state index in [2.05, 4.69) is 10.4 Å². The molecule has 0 saturated heterocycles. The molecule has 0 unspecified atom stereocenters. The fourth-order valence-electron chi connectivity index (χ4n) is 1.20. The highest BCUT2D eigenvalue weighted by Gasteiger charge is 2.08. The molecule has 0 aromatic carbocycles. The van der Waals surface area contributed by atoms with Crippen molar-refractivity contribution in [1.29, 1.82) is 0 Å². The van der Waals surface area contributed by atoms with Crippen LogP contribution in [0.25, 0.3) is 0 Å². The predicted molar refractivity (Wildman–Crippen MR) is 58.1 cm³/mol. The highest BCUT2D eigenvalue weighted by molar-refractivity contribution is 5.81. The van der Waals surface area contributed by atoms with E-state index in [9.17, 15) is 4.79 Å². The van der Waals surface area contributed by atoms with Crippen LogP contribution in [-0.4, -0.2) is 28.3 Å². The van der Waals surface area contributed by atoms with Gasteiger partial charge in [-0.1, -0.05) is 6.92 Å². The van der Waals surface area contributed by atoms with Crippen LogP contribution in [0.3, 0.4) is 0 Å². The number of aromatic nitrogens is 2. The lowest BCUT2D eigenvalue weighted by Crippen LogP contribution is -2.40. The van der Waals surface area contributed by atoms with Crippen molar-refractivity contribution in [2.24, 2.45) is 5.73 Å². The summed E-state index contributed by atoms with van der Waals surface area (Å²) < 4.78 is 1.84. The summed E-state index contributed by atoms with van der Waals surface area (Å²) >= 11 is 0. The summed E-state index contributed by atoms with van der Waals surface area (Å²) in [6.45, 7) is 3.36. The molecule has 1 aromatic rings. The Morgan fingerprint density at radius 2 is 2.47 bits per heavy atom. The van der Waals surface area contributed by atoms with Gasteiger partial charge in [-0.05, 0) is 18.9 Å². The number of carbonyl (C=O) groups is 1. The minimum absolute atomic E-state index is 0.0713. The molecule has 3 N–H and O–H groups in total. The van der Waals surface area contributed by atoms with Crippen molar-refractivity contribution in [3.8, 4) is 0 Å². The van der Waals surface area contributed by atoms with Crippen LogP contribution in [0.4, 0.5) is 0 Å². The Kier molecular flexibility index (Phi) is 4.83. The molecule has 5 nitrogen and oxygen atoms in total. The molecule has 0 spiro atoms. The third-order valence-electron chi connectivity index (χ3n) is 2.20. The van der Waals surface area contributed by atoms with Gasteiger partial charge in [0.05, 0.1) is 6.04 Å². The number of amides is 1. The van der Waals surface area contributed by atoms with Gasteiger partial charge in [0.2, 0.25) is 5.91 Å². The Morgan fingerprint density at radius 3 is 3.07 bits per heavy atom. The van der Waals surface area contributed by atoms with Crippen LogP contribution in [0.15, 0.2) is 18.5 Å². The molecule has 1 amide bonds. The molecule has 1 heterocycles. The number of rotatable bonds is 6. The molecule has 0 aliphatic carbocycles. The molecular weight excluding hydrogens is 192 g/mol. The van der Waals surface area contributed by atoms with Crippen molar-refractivity contribution in [2.45, 2.75) is 32.4 Å². The normalized spacial score (nSPS) is 12.4. The van der Waals surface area contributed by atoms with Crippen molar-refractivity contribution in [1.82, 2.24) is 15.1 Å². The van der Waals surface area contributed by atoms with Crippen LogP contribution < -0.4 is 11.1 Å². The van der Waals surface area contributed by atoms with Crippen molar-refractivity contribution in [3.63, 3.8) is 0 Å². The number of nitrogens with zero attached hydrogens (tertiary/aromatic N) is 2. The quantitative estimate of drug-likeness (QED) is 0.655. The minimum atomic E-state index is -0.380. The van der Waals surface area contributed by atoms with Gasteiger partial charge in [-0.3, -0.25) is 9.48 Å². The van der Waals surface area contributed by atoms with Gasteiger partial charge < -0.3 is 11.1 Å². The summed E-state index contributed by atoms with van der Waals surface area (Å²) in [5.41, 5.74) is 5.56. The molecule has 0 aliphatic heterocycles. The third kappa shape index (κ3) is 4.12. The second-order valence-electron chi connectivity index (χ2n) is 3.43. The number of hydrogen-bond acceptors (Lipinski definition) is 3. The van der Waals surface area contributed by atoms with Crippen LogP contribution in [0.5, 0.6) is 0 Å². The molecule has 84 valence electrons. The molecule has 0 bridgehead atoms. The van der Waals surface area contributed by atoms with Gasteiger partial charge in [0, 0.05) is 25.5 Å². The first-order chi connectivity index (χ1) is 7.24. The number of nitrogens with one attached hydrogen (secondary N) is 1. The summed E-state index contributed by atoms with van der Waals surface area (Å²) in [5, 5.41) is 6.85. The topological polar surface area (TPSA) is 72.9 Å². The van der Waals surface area contributed by atoms with E-state index >= 15 is 0 Å². The zero-order valence-electron chi connectivity index (χ0n) is 9.02. The van der Waals surface area contributed by atoms with E-state index in [1.54, 1.807) is 6.20 Å². The van der Waals surface area contributed by atoms with Gasteiger partial charge in [0.1, 0.15) is 0 Å². The van der Waals surface area contributed by atoms with Crippen molar-refractivity contribution in [3.05, 3.63) is 18.5 Å². The highest BCUT2D eigenvalue weighted by atomic mass is 16.2. The van der Waals surface area contributed by atoms with Crippen LogP contribution in [0.1, 0.15) is 19.8 Å². The lowest BCUT2D eigenvalue weighted by Gasteiger charge is -2.09. The largest absolute Gasteiger partial charge is 0.355 e. The number of nitrogens with two attached hydrogens (primary N) is 1. The van der Waals surface area contributed by atoms with Crippen LogP contribution in [0, 0.1) is 0 Å². The molecule has 1 aromatic heterocycles. The summed E-state index contributed by atoms with van der Waals surface area (Å²) in [5.74, 6) is -0.0713. The maximum absolute atomic E-state index is 11.3. The number of hydrogen-bond donors (Lipinski definition) is 2. The van der Waals surface area contributed by atoms with E-state index in [4.69, 9.17) is 5.73 Å². The van der Waals surface area contributed by atoms with E-state index < -0.39 is 0 Å². The van der Waals surface area contributed by atoms with Crippen LogP contribution in [-0.2, 0) is 11.3 Å². The van der Waals surface area contributed by atoms with Gasteiger partial charge in [-0.25, -0.2) is 0 Å². The zero-order valence-corrected chi connectivity index (χ0v) is 9.02. The molecule has 15 heavy (non-hydrogen) atoms. The van der Waals surface area contributed by atoms with E-state index in [0.29, 0.717) is 13.0 Å². The fraction of sp³-hybridized carbons (Fsp3) is 0.600. The van der Waals surface area contributed by atoms with E-state index in [0.717, 1.165) is 13.0 Å². The first-order valence-corrected chi connectivity index (χ1v) is 5.24. The van der Waals surface area contributed by atoms with Crippen molar-refractivity contribution >= 4 is 5.91 Å². The monoisotopic (exact) mass is 210 g/mol. The first-order valence-electron chi connectivity index (χ1n) is 5.24. The second kappa shape index (κ2) is 6.19. The molecule has 1 atom stereocenters. The molecule has 5 heteroatoms. The lowest BCUT2D eigenvalue weighted by molar-refractivity contribution is -0.122. The Labute approximate surface area is 89.6 Å². The highest BCUT2D eigenvalue weighted by Crippen LogP contribution is 1.89. The maximum Gasteiger partial charge on any atom is 0.236 e. The van der Waals surface area contributed by atoms with Gasteiger partial charge >= 0.3 is 0 Å². The van der Waals surface area contributed by atoms with Gasteiger partial charge in [-0.2, -0.15) is 5.10 Å². The first kappa shape index (κ1) is 11.7. The lowest BCUT2D eigenvalue weighted by atomic mass is 10.2. The summed E-state index contributed by atoms with van der Waals surface area (Å²) in [7, 11) is 0. The maximum atomic E-state index is 11.3. The van der Waals surface area contributed by atoms with Gasteiger partial charge in [0.25, 0.3) is 0 Å². The molecular formula is C10H18N4O. The number of aryl methyl sites for hydroxylation is 1. The second-order valence-corrected chi connectivity index (χ2v) is 3.43. The molecule has 0 fully saturated rings. The average Bonchev–Trinajstić information content (AvgIpc) is 2.75. The Hall–Kier alpha value is -1.36. The van der Waals surface area contributed by atoms with E-state index in [1.807, 2.05) is 23.9 Å². The Morgan fingerprint density at radius 1 is 1.67 bits per heavy atom. The molecule has 1 rings (SSSR count). The SMILES string of the molecule is CC[C@H](N)C(=O)NCCCn1cccn1. The van der Waals surface area contributed by atoms with Crippen molar-refractivity contribution in [2.75, 3.05) is 6.54 Å². The smallest absolute Gasteiger partial charge is 0.236 e. The third-order valence-corrected chi connectivity index (χ3v) is 2.20. The summed E-state index contributed by atoms with van der Waals surface area (Å²) in [6, 6.07) is 1.50. The van der Waals surface area contributed by atoms with E-state index in [1.165, 1.54) is 0 Å². The minimum Gasteiger partial charge on any atom is -0.355 e. The molecule has 0 saturated carbocycles. The van der Waals surface area contributed by atoms with Crippen LogP contribution in [0.2, 0.25) is 0 Å². The predicted octanol–water partition coefficient (Wildman–Crippen LogP) is 0.127.